The zero-order valence-corrected chi connectivity index (χ0v) is 18.6. The molecular weight excluding hydrogens is 396 g/mol. The van der Waals surface area contributed by atoms with Gasteiger partial charge in [0.1, 0.15) is 0 Å². The third kappa shape index (κ3) is 3.91. The number of nitrogens with zero attached hydrogens (tertiary/aromatic N) is 1. The second-order valence-corrected chi connectivity index (χ2v) is 10.7. The Hall–Kier alpha value is -2.18. The van der Waals surface area contributed by atoms with Gasteiger partial charge in [0.25, 0.3) is 0 Å². The fourth-order valence-corrected chi connectivity index (χ4v) is 5.91. The molecule has 1 fully saturated rings. The number of hydrogen-bond acceptors (Lipinski definition) is 3. The van der Waals surface area contributed by atoms with E-state index in [1.54, 1.807) is 0 Å². The number of rotatable bonds is 4. The number of carbonyl (C=O) groups excluding carboxylic acids is 1. The molecule has 0 saturated heterocycles. The molecule has 0 radical (unpaired) electrons. The van der Waals surface area contributed by atoms with Crippen LogP contribution in [0.1, 0.15) is 54.4 Å². The van der Waals surface area contributed by atoms with E-state index in [-0.39, 0.29) is 5.91 Å². The topological polar surface area (TPSA) is 66.5 Å². The van der Waals surface area contributed by atoms with E-state index in [1.807, 2.05) is 30.3 Å². The molecule has 2 aliphatic rings. The Labute approximate surface area is 179 Å². The van der Waals surface area contributed by atoms with Crippen molar-refractivity contribution < 1.29 is 13.2 Å². The SMILES string of the molecule is Cc1ccccc1C1(C(=O)Nc2cccc3c2CCN(S(C)(=O)=O)C3)CCCCC1. The van der Waals surface area contributed by atoms with Crippen LogP contribution >= 0.6 is 0 Å². The van der Waals surface area contributed by atoms with Gasteiger partial charge in [0.2, 0.25) is 15.9 Å². The molecule has 6 heteroatoms. The molecule has 0 spiro atoms. The van der Waals surface area contributed by atoms with Crippen molar-refractivity contribution in [2.45, 2.75) is 57.4 Å². The first-order chi connectivity index (χ1) is 14.3. The van der Waals surface area contributed by atoms with Crippen LogP contribution in [0.15, 0.2) is 42.5 Å². The second kappa shape index (κ2) is 8.16. The highest BCUT2D eigenvalue weighted by atomic mass is 32.2. The van der Waals surface area contributed by atoms with Crippen molar-refractivity contribution in [3.63, 3.8) is 0 Å². The molecule has 5 nitrogen and oxygen atoms in total. The zero-order chi connectivity index (χ0) is 21.4. The van der Waals surface area contributed by atoms with Crippen molar-refractivity contribution in [1.29, 1.82) is 0 Å². The lowest BCUT2D eigenvalue weighted by Crippen LogP contribution is -2.43. The van der Waals surface area contributed by atoms with Crippen LogP contribution in [0.3, 0.4) is 0 Å². The van der Waals surface area contributed by atoms with Crippen LogP contribution in [-0.2, 0) is 33.2 Å². The lowest BCUT2D eigenvalue weighted by atomic mass is 9.67. The Morgan fingerprint density at radius 1 is 1.03 bits per heavy atom. The summed E-state index contributed by atoms with van der Waals surface area (Å²) < 4.78 is 25.4. The molecule has 2 aromatic carbocycles. The number of aryl methyl sites for hydroxylation is 1. The Morgan fingerprint density at radius 2 is 1.77 bits per heavy atom. The number of sulfonamides is 1. The molecule has 4 rings (SSSR count). The van der Waals surface area contributed by atoms with Crippen molar-refractivity contribution >= 4 is 21.6 Å². The Balaban J connectivity index is 1.66. The van der Waals surface area contributed by atoms with Crippen LogP contribution in [0.4, 0.5) is 5.69 Å². The first-order valence-corrected chi connectivity index (χ1v) is 12.6. The van der Waals surface area contributed by atoms with Gasteiger partial charge in [-0.2, -0.15) is 4.31 Å². The minimum Gasteiger partial charge on any atom is -0.325 e. The molecule has 1 amide bonds. The highest BCUT2D eigenvalue weighted by Gasteiger charge is 2.42. The van der Waals surface area contributed by atoms with Crippen LogP contribution < -0.4 is 5.32 Å². The lowest BCUT2D eigenvalue weighted by Gasteiger charge is -2.38. The maximum atomic E-state index is 13.7. The third-order valence-electron chi connectivity index (χ3n) is 6.75. The molecule has 1 N–H and O–H groups in total. The highest BCUT2D eigenvalue weighted by molar-refractivity contribution is 7.88. The molecule has 30 heavy (non-hydrogen) atoms. The first-order valence-electron chi connectivity index (χ1n) is 10.7. The van der Waals surface area contributed by atoms with Gasteiger partial charge in [-0.1, -0.05) is 55.7 Å². The summed E-state index contributed by atoms with van der Waals surface area (Å²) in [7, 11) is -3.23. The number of nitrogens with one attached hydrogen (secondary N) is 1. The largest absolute Gasteiger partial charge is 0.325 e. The molecule has 0 atom stereocenters. The Bertz CT molecular complexity index is 1060. The summed E-state index contributed by atoms with van der Waals surface area (Å²) in [6.45, 7) is 2.89. The Kier molecular flexibility index (Phi) is 5.73. The lowest BCUT2D eigenvalue weighted by molar-refractivity contribution is -0.122. The molecule has 2 aromatic rings. The molecule has 1 aliphatic heterocycles. The van der Waals surface area contributed by atoms with E-state index >= 15 is 0 Å². The third-order valence-corrected chi connectivity index (χ3v) is 8.00. The molecule has 0 aromatic heterocycles. The summed E-state index contributed by atoms with van der Waals surface area (Å²) in [5, 5.41) is 3.25. The summed E-state index contributed by atoms with van der Waals surface area (Å²) in [6, 6.07) is 14.0. The smallest absolute Gasteiger partial charge is 0.235 e. The van der Waals surface area contributed by atoms with E-state index in [0.29, 0.717) is 19.5 Å². The van der Waals surface area contributed by atoms with Crippen LogP contribution in [0.2, 0.25) is 0 Å². The average Bonchev–Trinajstić information content (AvgIpc) is 2.73. The number of hydrogen-bond donors (Lipinski definition) is 1. The predicted octanol–water partition coefficient (Wildman–Crippen LogP) is 4.15. The average molecular weight is 427 g/mol. The number of amides is 1. The van der Waals surface area contributed by atoms with E-state index in [0.717, 1.165) is 53.6 Å². The molecule has 0 bridgehead atoms. The van der Waals surface area contributed by atoms with E-state index in [9.17, 15) is 13.2 Å². The van der Waals surface area contributed by atoms with Gasteiger partial charge in [-0.05, 0) is 54.5 Å². The number of anilines is 1. The van der Waals surface area contributed by atoms with E-state index in [4.69, 9.17) is 0 Å². The maximum absolute atomic E-state index is 13.7. The van der Waals surface area contributed by atoms with E-state index < -0.39 is 15.4 Å². The van der Waals surface area contributed by atoms with Gasteiger partial charge < -0.3 is 5.32 Å². The van der Waals surface area contributed by atoms with Crippen molar-refractivity contribution in [2.75, 3.05) is 18.1 Å². The van der Waals surface area contributed by atoms with E-state index in [2.05, 4.69) is 24.4 Å². The molecule has 160 valence electrons. The number of fused-ring (bicyclic) bond motifs is 1. The fraction of sp³-hybridized carbons (Fsp3) is 0.458. The minimum absolute atomic E-state index is 0.0652. The summed E-state index contributed by atoms with van der Waals surface area (Å²) >= 11 is 0. The van der Waals surface area contributed by atoms with Crippen molar-refractivity contribution in [3.8, 4) is 0 Å². The van der Waals surface area contributed by atoms with Gasteiger partial charge in [0, 0.05) is 18.8 Å². The monoisotopic (exact) mass is 426 g/mol. The molecule has 1 aliphatic carbocycles. The second-order valence-electron chi connectivity index (χ2n) is 8.70. The van der Waals surface area contributed by atoms with Crippen LogP contribution in [0, 0.1) is 6.92 Å². The summed E-state index contributed by atoms with van der Waals surface area (Å²) in [5.74, 6) is 0.0652. The van der Waals surface area contributed by atoms with Gasteiger partial charge in [-0.3, -0.25) is 4.79 Å². The molecule has 1 heterocycles. The zero-order valence-electron chi connectivity index (χ0n) is 17.8. The van der Waals surface area contributed by atoms with Crippen molar-refractivity contribution in [3.05, 3.63) is 64.7 Å². The van der Waals surface area contributed by atoms with Gasteiger partial charge >= 0.3 is 0 Å². The van der Waals surface area contributed by atoms with Gasteiger partial charge in [-0.25, -0.2) is 8.42 Å². The van der Waals surface area contributed by atoms with Crippen LogP contribution in [0.5, 0.6) is 0 Å². The molecular formula is C24H30N2O3S. The van der Waals surface area contributed by atoms with Crippen molar-refractivity contribution in [2.24, 2.45) is 0 Å². The molecule has 1 saturated carbocycles. The van der Waals surface area contributed by atoms with Gasteiger partial charge in [0.05, 0.1) is 11.7 Å². The van der Waals surface area contributed by atoms with Crippen LogP contribution in [-0.4, -0.2) is 31.4 Å². The summed E-state index contributed by atoms with van der Waals surface area (Å²) in [4.78, 5) is 13.7. The fourth-order valence-electron chi connectivity index (χ4n) is 5.11. The molecule has 0 unspecified atom stereocenters. The minimum atomic E-state index is -3.23. The quantitative estimate of drug-likeness (QED) is 0.799. The number of benzene rings is 2. The van der Waals surface area contributed by atoms with Crippen LogP contribution in [0.25, 0.3) is 0 Å². The first kappa shape index (κ1) is 21.1. The van der Waals surface area contributed by atoms with E-state index in [1.165, 1.54) is 17.0 Å². The maximum Gasteiger partial charge on any atom is 0.235 e. The standard InChI is InChI=1S/C24H30N2O3S/c1-18-9-4-5-11-21(18)24(14-6-3-7-15-24)23(27)25-22-12-8-10-19-17-26(30(2,28)29)16-13-20(19)22/h4-5,8-12H,3,6-7,13-17H2,1-2H3,(H,25,27). The Morgan fingerprint density at radius 3 is 2.47 bits per heavy atom. The van der Waals surface area contributed by atoms with Gasteiger partial charge in [0.15, 0.2) is 0 Å². The number of carbonyl (C=O) groups is 1. The van der Waals surface area contributed by atoms with Gasteiger partial charge in [-0.15, -0.1) is 0 Å². The summed E-state index contributed by atoms with van der Waals surface area (Å²) in [5.41, 5.74) is 4.65. The predicted molar refractivity (Wildman–Crippen MR) is 120 cm³/mol. The van der Waals surface area contributed by atoms with Crippen molar-refractivity contribution in [1.82, 2.24) is 4.31 Å². The highest BCUT2D eigenvalue weighted by Crippen LogP contribution is 2.42. The summed E-state index contributed by atoms with van der Waals surface area (Å²) in [6.07, 6.45) is 6.86. The normalized spacial score (nSPS) is 19.1.